The van der Waals surface area contributed by atoms with Gasteiger partial charge in [0.1, 0.15) is 5.76 Å². The fourth-order valence-electron chi connectivity index (χ4n) is 0.600. The molecule has 0 atom stereocenters. The Hall–Kier alpha value is -1.23. The molecule has 46 valence electrons. The lowest BCUT2D eigenvalue weighted by molar-refractivity contribution is 0.388. The molecule has 1 aromatic rings. The van der Waals surface area contributed by atoms with Crippen LogP contribution in [0.5, 0.6) is 0 Å². The average molecular weight is 121 g/mol. The smallest absolute Gasteiger partial charge is 0.148 e. The second kappa shape index (κ2) is 2.36. The van der Waals surface area contributed by atoms with Crippen molar-refractivity contribution in [1.29, 1.82) is 0 Å². The number of aromatic nitrogens is 1. The Morgan fingerprint density at radius 3 is 3.11 bits per heavy atom. The summed E-state index contributed by atoms with van der Waals surface area (Å²) in [6.07, 6.45) is 5.56. The monoisotopic (exact) mass is 121 g/mol. The molecule has 1 rings (SSSR count). The van der Waals surface area contributed by atoms with E-state index in [1.165, 1.54) is 0 Å². The fraction of sp³-hybridized carbons (Fsp3) is 0.286. The van der Waals surface area contributed by atoms with E-state index in [-0.39, 0.29) is 0 Å². The van der Waals surface area contributed by atoms with E-state index >= 15 is 0 Å². The molecule has 0 aliphatic heterocycles. The first-order chi connectivity index (χ1) is 4.33. The summed E-state index contributed by atoms with van der Waals surface area (Å²) in [7, 11) is 0. The Morgan fingerprint density at radius 1 is 1.89 bits per heavy atom. The summed E-state index contributed by atoms with van der Waals surface area (Å²) >= 11 is 0. The minimum Gasteiger partial charge on any atom is -0.360 e. The van der Waals surface area contributed by atoms with Gasteiger partial charge in [-0.3, -0.25) is 0 Å². The van der Waals surface area contributed by atoms with Crippen molar-refractivity contribution in [2.24, 2.45) is 0 Å². The molecule has 0 spiro atoms. The van der Waals surface area contributed by atoms with E-state index in [2.05, 4.69) is 11.1 Å². The summed E-state index contributed by atoms with van der Waals surface area (Å²) in [4.78, 5) is 0. The van der Waals surface area contributed by atoms with Gasteiger partial charge in [0.15, 0.2) is 0 Å². The first-order valence-corrected chi connectivity index (χ1v) is 2.68. The van der Waals surface area contributed by atoms with Gasteiger partial charge >= 0.3 is 0 Å². The summed E-state index contributed by atoms with van der Waals surface area (Å²) in [5.41, 5.74) is 0.875. The van der Waals surface area contributed by atoms with Crippen LogP contribution in [0.15, 0.2) is 10.6 Å². The maximum Gasteiger partial charge on any atom is 0.148 e. The molecular weight excluding hydrogens is 114 g/mol. The van der Waals surface area contributed by atoms with Crippen LogP contribution in [0.2, 0.25) is 0 Å². The quantitative estimate of drug-likeness (QED) is 0.521. The second-order valence-electron chi connectivity index (χ2n) is 1.82. The first-order valence-electron chi connectivity index (χ1n) is 2.68. The SMILES string of the molecule is C#CCc1cc(C)no1. The van der Waals surface area contributed by atoms with Crippen LogP contribution < -0.4 is 0 Å². The molecule has 0 radical (unpaired) electrons. The minimum atomic E-state index is 0.529. The second-order valence-corrected chi connectivity index (χ2v) is 1.82. The minimum absolute atomic E-state index is 0.529. The van der Waals surface area contributed by atoms with Crippen LogP contribution >= 0.6 is 0 Å². The van der Waals surface area contributed by atoms with Gasteiger partial charge < -0.3 is 4.52 Å². The van der Waals surface area contributed by atoms with Crippen molar-refractivity contribution in [3.05, 3.63) is 17.5 Å². The molecule has 0 aliphatic rings. The van der Waals surface area contributed by atoms with Crippen molar-refractivity contribution in [2.45, 2.75) is 13.3 Å². The van der Waals surface area contributed by atoms with Crippen molar-refractivity contribution in [3.8, 4) is 12.3 Å². The largest absolute Gasteiger partial charge is 0.360 e. The summed E-state index contributed by atoms with van der Waals surface area (Å²) in [6, 6.07) is 1.83. The number of hydrogen-bond acceptors (Lipinski definition) is 2. The summed E-state index contributed by atoms with van der Waals surface area (Å²) < 4.78 is 4.81. The van der Waals surface area contributed by atoms with Gasteiger partial charge in [0, 0.05) is 6.07 Å². The van der Waals surface area contributed by atoms with Gasteiger partial charge in [0.05, 0.1) is 12.1 Å². The summed E-state index contributed by atoms with van der Waals surface area (Å²) in [6.45, 7) is 1.86. The molecule has 0 bridgehead atoms. The zero-order valence-electron chi connectivity index (χ0n) is 5.22. The third kappa shape index (κ3) is 1.33. The van der Waals surface area contributed by atoms with Crippen LogP contribution in [0.25, 0.3) is 0 Å². The maximum absolute atomic E-state index is 5.03. The van der Waals surface area contributed by atoms with Crippen LogP contribution in [0.1, 0.15) is 11.5 Å². The van der Waals surface area contributed by atoms with Crippen LogP contribution in [0.4, 0.5) is 0 Å². The molecule has 9 heavy (non-hydrogen) atoms. The van der Waals surface area contributed by atoms with Gasteiger partial charge in [0.25, 0.3) is 0 Å². The highest BCUT2D eigenvalue weighted by Gasteiger charge is 1.95. The molecule has 1 heterocycles. The molecule has 0 amide bonds. The molecule has 1 aromatic heterocycles. The highest BCUT2D eigenvalue weighted by molar-refractivity contribution is 5.08. The highest BCUT2D eigenvalue weighted by atomic mass is 16.5. The van der Waals surface area contributed by atoms with E-state index in [0.717, 1.165) is 11.5 Å². The van der Waals surface area contributed by atoms with Crippen molar-refractivity contribution >= 4 is 0 Å². The number of rotatable bonds is 1. The lowest BCUT2D eigenvalue weighted by atomic mass is 10.3. The third-order valence-electron chi connectivity index (χ3n) is 0.953. The zero-order chi connectivity index (χ0) is 6.69. The van der Waals surface area contributed by atoms with E-state index in [9.17, 15) is 0 Å². The number of aryl methyl sites for hydroxylation is 1. The zero-order valence-corrected chi connectivity index (χ0v) is 5.22. The van der Waals surface area contributed by atoms with Gasteiger partial charge in [-0.25, -0.2) is 0 Å². The standard InChI is InChI=1S/C7H7NO/c1-3-4-7-5-6(2)8-9-7/h1,5H,4H2,2H3. The van der Waals surface area contributed by atoms with E-state index in [4.69, 9.17) is 10.9 Å². The van der Waals surface area contributed by atoms with Crippen LogP contribution in [0, 0.1) is 19.3 Å². The van der Waals surface area contributed by atoms with Crippen molar-refractivity contribution in [2.75, 3.05) is 0 Å². The summed E-state index contributed by atoms with van der Waals surface area (Å²) in [5.74, 6) is 3.22. The number of hydrogen-bond donors (Lipinski definition) is 0. The van der Waals surface area contributed by atoms with E-state index < -0.39 is 0 Å². The number of terminal acetylenes is 1. The topological polar surface area (TPSA) is 26.0 Å². The predicted octanol–water partition coefficient (Wildman–Crippen LogP) is 1.16. The highest BCUT2D eigenvalue weighted by Crippen LogP contribution is 2.00. The average Bonchev–Trinajstić information content (AvgIpc) is 2.17. The Morgan fingerprint density at radius 2 is 2.67 bits per heavy atom. The molecule has 0 unspecified atom stereocenters. The van der Waals surface area contributed by atoms with E-state index in [1.807, 2.05) is 13.0 Å². The van der Waals surface area contributed by atoms with Gasteiger partial charge in [0.2, 0.25) is 0 Å². The maximum atomic E-state index is 5.03. The lowest BCUT2D eigenvalue weighted by Crippen LogP contribution is -1.71. The Labute approximate surface area is 53.9 Å². The number of nitrogens with zero attached hydrogens (tertiary/aromatic N) is 1. The molecule has 2 nitrogen and oxygen atoms in total. The van der Waals surface area contributed by atoms with Crippen molar-refractivity contribution < 1.29 is 4.52 Å². The Bertz CT molecular complexity index is 231. The van der Waals surface area contributed by atoms with Gasteiger partial charge in [-0.15, -0.1) is 6.42 Å². The van der Waals surface area contributed by atoms with Crippen LogP contribution in [-0.4, -0.2) is 5.16 Å². The predicted molar refractivity (Wildman–Crippen MR) is 33.8 cm³/mol. The van der Waals surface area contributed by atoms with Gasteiger partial charge in [-0.1, -0.05) is 11.1 Å². The fourth-order valence-corrected chi connectivity index (χ4v) is 0.600. The van der Waals surface area contributed by atoms with Crippen LogP contribution in [-0.2, 0) is 6.42 Å². The Kier molecular flexibility index (Phi) is 1.55. The first kappa shape index (κ1) is 5.90. The molecule has 0 N–H and O–H groups in total. The van der Waals surface area contributed by atoms with Gasteiger partial charge in [-0.2, -0.15) is 0 Å². The molecule has 0 saturated heterocycles. The van der Waals surface area contributed by atoms with Gasteiger partial charge in [-0.05, 0) is 6.92 Å². The van der Waals surface area contributed by atoms with E-state index in [1.54, 1.807) is 0 Å². The van der Waals surface area contributed by atoms with Crippen molar-refractivity contribution in [1.82, 2.24) is 5.16 Å². The summed E-state index contributed by atoms with van der Waals surface area (Å²) in [5, 5.41) is 3.66. The van der Waals surface area contributed by atoms with Crippen LogP contribution in [0.3, 0.4) is 0 Å². The van der Waals surface area contributed by atoms with E-state index in [0.29, 0.717) is 6.42 Å². The molecule has 0 aromatic carbocycles. The van der Waals surface area contributed by atoms with Crippen molar-refractivity contribution in [3.63, 3.8) is 0 Å². The third-order valence-corrected chi connectivity index (χ3v) is 0.953. The molecule has 0 fully saturated rings. The molecular formula is C7H7NO. The molecule has 2 heteroatoms. The normalized spacial score (nSPS) is 8.89. The Balaban J connectivity index is 2.76. The molecule has 0 saturated carbocycles. The lowest BCUT2D eigenvalue weighted by Gasteiger charge is -1.76. The molecule has 0 aliphatic carbocycles.